The first kappa shape index (κ1) is 12.2. The summed E-state index contributed by atoms with van der Waals surface area (Å²) in [4.78, 5) is 3.49. The average molecular weight is 271 g/mol. The van der Waals surface area contributed by atoms with Crippen LogP contribution < -0.4 is 0 Å². The SMILES string of the molecule is FC(F)(F)c1cc(C(F)(F)F)c2scnc2c1. The van der Waals surface area contributed by atoms with E-state index in [0.29, 0.717) is 17.4 Å². The van der Waals surface area contributed by atoms with Crippen LogP contribution in [0.15, 0.2) is 17.6 Å². The van der Waals surface area contributed by atoms with Crippen molar-refractivity contribution < 1.29 is 26.3 Å². The number of thiazole rings is 1. The highest BCUT2D eigenvalue weighted by atomic mass is 32.1. The Morgan fingerprint density at radius 3 is 2.12 bits per heavy atom. The van der Waals surface area contributed by atoms with Crippen molar-refractivity contribution in [3.63, 3.8) is 0 Å². The second-order valence-electron chi connectivity index (χ2n) is 3.22. The molecular formula is C9H3F6NS. The Morgan fingerprint density at radius 2 is 1.59 bits per heavy atom. The average Bonchev–Trinajstić information content (AvgIpc) is 2.59. The summed E-state index contributed by atoms with van der Waals surface area (Å²) in [6, 6.07) is 0.724. The largest absolute Gasteiger partial charge is 0.417 e. The summed E-state index contributed by atoms with van der Waals surface area (Å²) >= 11 is 0.662. The summed E-state index contributed by atoms with van der Waals surface area (Å²) < 4.78 is 74.6. The molecule has 1 aromatic heterocycles. The third-order valence-corrected chi connectivity index (χ3v) is 2.94. The smallest absolute Gasteiger partial charge is 0.245 e. The number of rotatable bonds is 0. The fourth-order valence-corrected chi connectivity index (χ4v) is 2.15. The molecule has 0 radical (unpaired) electrons. The molecule has 0 aliphatic rings. The van der Waals surface area contributed by atoms with Gasteiger partial charge in [0.15, 0.2) is 0 Å². The van der Waals surface area contributed by atoms with Crippen LogP contribution in [-0.2, 0) is 12.4 Å². The van der Waals surface area contributed by atoms with Crippen LogP contribution >= 0.6 is 11.3 Å². The number of benzene rings is 1. The maximum absolute atomic E-state index is 12.6. The molecule has 0 saturated heterocycles. The van der Waals surface area contributed by atoms with Gasteiger partial charge in [-0.25, -0.2) is 4.98 Å². The van der Waals surface area contributed by atoms with E-state index >= 15 is 0 Å². The van der Waals surface area contributed by atoms with Crippen molar-refractivity contribution >= 4 is 21.6 Å². The molecule has 0 atom stereocenters. The van der Waals surface area contributed by atoms with Gasteiger partial charge in [-0.15, -0.1) is 11.3 Å². The maximum Gasteiger partial charge on any atom is 0.417 e. The lowest BCUT2D eigenvalue weighted by molar-refractivity contribution is -0.142. The molecule has 2 rings (SSSR count). The fourth-order valence-electron chi connectivity index (χ4n) is 1.34. The minimum atomic E-state index is -4.83. The quantitative estimate of drug-likeness (QED) is 0.650. The first-order chi connectivity index (χ1) is 7.69. The second kappa shape index (κ2) is 3.59. The van der Waals surface area contributed by atoms with Gasteiger partial charge in [0.2, 0.25) is 0 Å². The first-order valence-electron chi connectivity index (χ1n) is 4.21. The number of hydrogen-bond donors (Lipinski definition) is 0. The molecule has 0 aliphatic carbocycles. The van der Waals surface area contributed by atoms with Gasteiger partial charge in [-0.1, -0.05) is 0 Å². The molecule has 92 valence electrons. The van der Waals surface area contributed by atoms with Crippen LogP contribution in [-0.4, -0.2) is 4.98 Å². The van der Waals surface area contributed by atoms with E-state index in [4.69, 9.17) is 0 Å². The third-order valence-electron chi connectivity index (χ3n) is 2.06. The molecule has 0 unspecified atom stereocenters. The van der Waals surface area contributed by atoms with Gasteiger partial charge in [0.25, 0.3) is 0 Å². The summed E-state index contributed by atoms with van der Waals surface area (Å²) in [6.07, 6.45) is -9.65. The number of fused-ring (bicyclic) bond motifs is 1. The van der Waals surface area contributed by atoms with Crippen molar-refractivity contribution in [2.75, 3.05) is 0 Å². The number of halogens is 6. The highest BCUT2D eigenvalue weighted by Gasteiger charge is 2.38. The van der Waals surface area contributed by atoms with Crippen molar-refractivity contribution in [2.24, 2.45) is 0 Å². The Labute approximate surface area is 94.7 Å². The normalized spacial score (nSPS) is 13.3. The van der Waals surface area contributed by atoms with E-state index in [-0.39, 0.29) is 16.3 Å². The van der Waals surface area contributed by atoms with Gasteiger partial charge in [0, 0.05) is 0 Å². The number of alkyl halides is 6. The molecule has 0 N–H and O–H groups in total. The van der Waals surface area contributed by atoms with Crippen molar-refractivity contribution in [3.8, 4) is 0 Å². The van der Waals surface area contributed by atoms with Crippen LogP contribution in [0, 0.1) is 0 Å². The highest BCUT2D eigenvalue weighted by molar-refractivity contribution is 7.17. The maximum atomic E-state index is 12.6. The molecule has 0 saturated carbocycles. The van der Waals surface area contributed by atoms with E-state index in [2.05, 4.69) is 4.98 Å². The number of aromatic nitrogens is 1. The predicted molar refractivity (Wildman–Crippen MR) is 49.6 cm³/mol. The van der Waals surface area contributed by atoms with Crippen molar-refractivity contribution in [2.45, 2.75) is 12.4 Å². The van der Waals surface area contributed by atoms with Gasteiger partial charge in [-0.3, -0.25) is 0 Å². The van der Waals surface area contributed by atoms with Gasteiger partial charge in [-0.2, -0.15) is 26.3 Å². The zero-order chi connectivity index (χ0) is 12.8. The predicted octanol–water partition coefficient (Wildman–Crippen LogP) is 4.33. The monoisotopic (exact) mass is 271 g/mol. The van der Waals surface area contributed by atoms with Crippen molar-refractivity contribution in [3.05, 3.63) is 28.8 Å². The summed E-state index contributed by atoms with van der Waals surface area (Å²) in [5.41, 5.74) is -1.86. The number of nitrogens with zero attached hydrogens (tertiary/aromatic N) is 1. The van der Waals surface area contributed by atoms with Gasteiger partial charge in [-0.05, 0) is 12.1 Å². The van der Waals surface area contributed by atoms with E-state index in [0.717, 1.165) is 5.51 Å². The van der Waals surface area contributed by atoms with E-state index in [1.165, 1.54) is 0 Å². The Hall–Kier alpha value is -1.31. The van der Waals surface area contributed by atoms with E-state index in [1.54, 1.807) is 0 Å². The lowest BCUT2D eigenvalue weighted by Gasteiger charge is -2.12. The lowest BCUT2D eigenvalue weighted by atomic mass is 10.1. The molecule has 0 fully saturated rings. The molecule has 0 bridgehead atoms. The topological polar surface area (TPSA) is 12.9 Å². The van der Waals surface area contributed by atoms with Gasteiger partial charge < -0.3 is 0 Å². The van der Waals surface area contributed by atoms with Gasteiger partial charge in [0.05, 0.1) is 26.9 Å². The molecule has 1 aromatic carbocycles. The highest BCUT2D eigenvalue weighted by Crippen LogP contribution is 2.40. The molecule has 1 nitrogen and oxygen atoms in total. The molecule has 8 heteroatoms. The van der Waals surface area contributed by atoms with E-state index < -0.39 is 23.5 Å². The molecule has 1 heterocycles. The minimum absolute atomic E-state index is 0.112. The zero-order valence-corrected chi connectivity index (χ0v) is 8.67. The minimum Gasteiger partial charge on any atom is -0.245 e. The zero-order valence-electron chi connectivity index (χ0n) is 7.86. The Kier molecular flexibility index (Phi) is 2.57. The summed E-state index contributed by atoms with van der Waals surface area (Å²) in [6.45, 7) is 0. The van der Waals surface area contributed by atoms with Crippen LogP contribution in [0.5, 0.6) is 0 Å². The van der Waals surface area contributed by atoms with Crippen LogP contribution in [0.2, 0.25) is 0 Å². The van der Waals surface area contributed by atoms with Crippen molar-refractivity contribution in [1.82, 2.24) is 4.98 Å². The second-order valence-corrected chi connectivity index (χ2v) is 4.07. The summed E-state index contributed by atoms with van der Waals surface area (Å²) in [5.74, 6) is 0. The fraction of sp³-hybridized carbons (Fsp3) is 0.222. The third kappa shape index (κ3) is 2.21. The lowest BCUT2D eigenvalue weighted by Crippen LogP contribution is -2.10. The van der Waals surface area contributed by atoms with Gasteiger partial charge in [0.1, 0.15) is 0 Å². The molecular weight excluding hydrogens is 268 g/mol. The van der Waals surface area contributed by atoms with Crippen LogP contribution in [0.25, 0.3) is 10.2 Å². The van der Waals surface area contributed by atoms with E-state index in [1.807, 2.05) is 0 Å². The Morgan fingerprint density at radius 1 is 0.941 bits per heavy atom. The van der Waals surface area contributed by atoms with Crippen LogP contribution in [0.1, 0.15) is 11.1 Å². The Balaban J connectivity index is 2.76. The summed E-state index contributed by atoms with van der Waals surface area (Å²) in [5, 5.41) is 0. The molecule has 17 heavy (non-hydrogen) atoms. The Bertz CT molecular complexity index is 553. The molecule has 0 amide bonds. The van der Waals surface area contributed by atoms with Crippen LogP contribution in [0.4, 0.5) is 26.3 Å². The van der Waals surface area contributed by atoms with Crippen molar-refractivity contribution in [1.29, 1.82) is 0 Å². The first-order valence-corrected chi connectivity index (χ1v) is 5.09. The molecule has 0 aliphatic heterocycles. The molecule has 0 spiro atoms. The standard InChI is InChI=1S/C9H3F6NS/c10-8(11,12)4-1-5(9(13,14)15)7-6(2-4)16-3-17-7/h1-3H. The van der Waals surface area contributed by atoms with E-state index in [9.17, 15) is 26.3 Å². The molecule has 2 aromatic rings. The number of hydrogen-bond acceptors (Lipinski definition) is 2. The summed E-state index contributed by atoms with van der Waals surface area (Å²) in [7, 11) is 0. The van der Waals surface area contributed by atoms with Gasteiger partial charge >= 0.3 is 12.4 Å². The van der Waals surface area contributed by atoms with Crippen LogP contribution in [0.3, 0.4) is 0 Å².